The maximum absolute atomic E-state index is 13.0. The van der Waals surface area contributed by atoms with Gasteiger partial charge >= 0.3 is 6.18 Å². The minimum atomic E-state index is -4.45. The van der Waals surface area contributed by atoms with Crippen molar-refractivity contribution in [3.8, 4) is 11.1 Å². The Morgan fingerprint density at radius 2 is 1.59 bits per heavy atom. The second-order valence-electron chi connectivity index (χ2n) is 7.59. The van der Waals surface area contributed by atoms with Gasteiger partial charge in [-0.05, 0) is 48.0 Å². The Hall–Kier alpha value is -3.85. The molecule has 0 unspecified atom stereocenters. The largest absolute Gasteiger partial charge is 0.416 e. The van der Waals surface area contributed by atoms with Crippen LogP contribution in [0.5, 0.6) is 0 Å². The summed E-state index contributed by atoms with van der Waals surface area (Å²) in [5, 5.41) is 5.94. The van der Waals surface area contributed by atoms with Crippen LogP contribution in [0.3, 0.4) is 0 Å². The third-order valence-corrected chi connectivity index (χ3v) is 5.19. The first-order valence-corrected chi connectivity index (χ1v) is 10.5. The number of nitrogens with one attached hydrogen (secondary N) is 2. The summed E-state index contributed by atoms with van der Waals surface area (Å²) in [4.78, 5) is 14.8. The lowest BCUT2D eigenvalue weighted by Crippen LogP contribution is -2.07. The summed E-state index contributed by atoms with van der Waals surface area (Å²) in [5.41, 5.74) is 2.50. The van der Waals surface area contributed by atoms with Crippen molar-refractivity contribution in [3.05, 3.63) is 83.6 Å². The van der Waals surface area contributed by atoms with Gasteiger partial charge in [0.25, 0.3) is 0 Å². The van der Waals surface area contributed by atoms with E-state index in [1.165, 1.54) is 18.3 Å². The maximum Gasteiger partial charge on any atom is 0.416 e. The molecule has 0 aliphatic carbocycles. The summed E-state index contributed by atoms with van der Waals surface area (Å²) in [6, 6.07) is 16.6. The van der Waals surface area contributed by atoms with E-state index in [2.05, 4.69) is 25.6 Å². The average Bonchev–Trinajstić information content (AvgIpc) is 2.81. The molecule has 4 aromatic rings. The van der Waals surface area contributed by atoms with Gasteiger partial charge in [-0.15, -0.1) is 0 Å². The fraction of sp³-hybridized carbons (Fsp3) is 0.125. The van der Waals surface area contributed by atoms with Crippen molar-refractivity contribution in [2.24, 2.45) is 0 Å². The van der Waals surface area contributed by atoms with E-state index in [4.69, 9.17) is 11.6 Å². The molecule has 6 nitrogen and oxygen atoms in total. The highest BCUT2D eigenvalue weighted by molar-refractivity contribution is 6.32. The molecule has 10 heteroatoms. The Labute approximate surface area is 199 Å². The summed E-state index contributed by atoms with van der Waals surface area (Å²) in [7, 11) is 3.97. The van der Waals surface area contributed by atoms with Crippen LogP contribution in [0.15, 0.2) is 73.1 Å². The van der Waals surface area contributed by atoms with Crippen molar-refractivity contribution in [2.45, 2.75) is 6.18 Å². The molecule has 174 valence electrons. The second kappa shape index (κ2) is 9.56. The van der Waals surface area contributed by atoms with E-state index in [0.717, 1.165) is 28.9 Å². The lowest BCUT2D eigenvalue weighted by atomic mass is 10.1. The highest BCUT2D eigenvalue weighted by atomic mass is 35.5. The molecule has 0 radical (unpaired) electrons. The van der Waals surface area contributed by atoms with Gasteiger partial charge in [0, 0.05) is 37.2 Å². The molecule has 2 heterocycles. The van der Waals surface area contributed by atoms with E-state index in [1.54, 1.807) is 12.3 Å². The summed E-state index contributed by atoms with van der Waals surface area (Å²) >= 11 is 6.14. The number of anilines is 5. The average molecular weight is 485 g/mol. The van der Waals surface area contributed by atoms with Crippen LogP contribution in [0, 0.1) is 0 Å². The molecule has 2 N–H and O–H groups in total. The highest BCUT2D eigenvalue weighted by Gasteiger charge is 2.30. The number of hydrogen-bond acceptors (Lipinski definition) is 6. The molecule has 0 saturated heterocycles. The van der Waals surface area contributed by atoms with E-state index in [9.17, 15) is 13.2 Å². The maximum atomic E-state index is 13.0. The molecule has 34 heavy (non-hydrogen) atoms. The first kappa shape index (κ1) is 23.3. The van der Waals surface area contributed by atoms with Crippen LogP contribution >= 0.6 is 11.6 Å². The van der Waals surface area contributed by atoms with Crippen LogP contribution < -0.4 is 15.5 Å². The minimum Gasteiger partial charge on any atom is -0.378 e. The van der Waals surface area contributed by atoms with Gasteiger partial charge in [0.05, 0.1) is 11.8 Å². The lowest BCUT2D eigenvalue weighted by molar-refractivity contribution is -0.137. The topological polar surface area (TPSA) is 66.0 Å². The van der Waals surface area contributed by atoms with Crippen LogP contribution in [-0.4, -0.2) is 29.0 Å². The number of halogens is 4. The van der Waals surface area contributed by atoms with Gasteiger partial charge in [-0.25, -0.2) is 9.97 Å². The quantitative estimate of drug-likeness (QED) is 0.315. The number of rotatable bonds is 6. The predicted molar refractivity (Wildman–Crippen MR) is 129 cm³/mol. The number of pyridine rings is 1. The zero-order valence-electron chi connectivity index (χ0n) is 18.2. The Morgan fingerprint density at radius 3 is 2.24 bits per heavy atom. The molecule has 2 aromatic carbocycles. The second-order valence-corrected chi connectivity index (χ2v) is 8.00. The molecule has 0 aliphatic rings. The molecule has 0 spiro atoms. The van der Waals surface area contributed by atoms with Gasteiger partial charge in [0.15, 0.2) is 5.82 Å². The highest BCUT2D eigenvalue weighted by Crippen LogP contribution is 2.32. The zero-order chi connectivity index (χ0) is 24.3. The number of nitrogens with zero attached hydrogens (tertiary/aromatic N) is 4. The molecular weight excluding hydrogens is 465 g/mol. The fourth-order valence-electron chi connectivity index (χ4n) is 3.13. The molecule has 0 fully saturated rings. The van der Waals surface area contributed by atoms with Crippen molar-refractivity contribution in [3.63, 3.8) is 0 Å². The monoisotopic (exact) mass is 484 g/mol. The molecule has 0 saturated carbocycles. The van der Waals surface area contributed by atoms with Gasteiger partial charge < -0.3 is 15.5 Å². The number of hydrogen-bond donors (Lipinski definition) is 2. The van der Waals surface area contributed by atoms with Crippen molar-refractivity contribution in [1.29, 1.82) is 0 Å². The van der Waals surface area contributed by atoms with Crippen molar-refractivity contribution < 1.29 is 13.2 Å². The molecular formula is C24H20ClF3N6. The third-order valence-electron chi connectivity index (χ3n) is 4.92. The van der Waals surface area contributed by atoms with Gasteiger partial charge in [-0.2, -0.15) is 18.2 Å². The van der Waals surface area contributed by atoms with E-state index in [0.29, 0.717) is 5.82 Å². The molecule has 0 amide bonds. The van der Waals surface area contributed by atoms with E-state index in [1.807, 2.05) is 49.3 Å². The van der Waals surface area contributed by atoms with E-state index >= 15 is 0 Å². The van der Waals surface area contributed by atoms with Gasteiger partial charge in [-0.1, -0.05) is 29.8 Å². The summed E-state index contributed by atoms with van der Waals surface area (Å²) < 4.78 is 38.9. The molecule has 0 atom stereocenters. The Bertz CT molecular complexity index is 1280. The molecule has 4 rings (SSSR count). The lowest BCUT2D eigenvalue weighted by Gasteiger charge is -2.13. The third kappa shape index (κ3) is 5.55. The first-order valence-electron chi connectivity index (χ1n) is 10.2. The fourth-order valence-corrected chi connectivity index (χ4v) is 3.27. The van der Waals surface area contributed by atoms with Crippen LogP contribution in [0.2, 0.25) is 5.02 Å². The Balaban J connectivity index is 1.49. The van der Waals surface area contributed by atoms with Gasteiger partial charge in [0.2, 0.25) is 5.95 Å². The molecule has 2 aromatic heterocycles. The van der Waals surface area contributed by atoms with Crippen molar-refractivity contribution in [2.75, 3.05) is 29.6 Å². The van der Waals surface area contributed by atoms with Crippen LogP contribution in [0.4, 0.5) is 42.1 Å². The van der Waals surface area contributed by atoms with E-state index in [-0.39, 0.29) is 22.5 Å². The van der Waals surface area contributed by atoms with Crippen molar-refractivity contribution >= 4 is 40.6 Å². The summed E-state index contributed by atoms with van der Waals surface area (Å²) in [5.74, 6) is 0.853. The van der Waals surface area contributed by atoms with Crippen LogP contribution in [-0.2, 0) is 6.18 Å². The SMILES string of the molecule is CN(C)c1ccc(-c2ccc(Nc3ncc(Cl)c(Nc4cccc(C(F)(F)F)c4)n3)nc2)cc1. The predicted octanol–water partition coefficient (Wildman–Crippen LogP) is 6.76. The molecule has 0 aliphatic heterocycles. The van der Waals surface area contributed by atoms with Gasteiger partial charge in [0.1, 0.15) is 10.8 Å². The minimum absolute atomic E-state index is 0.160. The summed E-state index contributed by atoms with van der Waals surface area (Å²) in [6.07, 6.45) is -1.37. The van der Waals surface area contributed by atoms with Gasteiger partial charge in [-0.3, -0.25) is 0 Å². The standard InChI is InChI=1S/C24H20ClF3N6/c1-34(2)19-9-6-15(7-10-19)16-8-11-21(29-13-16)32-23-30-14-20(25)22(33-23)31-18-5-3-4-17(12-18)24(26,27)28/h3-14H,1-2H3,(H2,29,30,31,32,33). The van der Waals surface area contributed by atoms with Crippen LogP contribution in [0.1, 0.15) is 5.56 Å². The Morgan fingerprint density at radius 1 is 0.853 bits per heavy atom. The first-order chi connectivity index (χ1) is 16.2. The number of aromatic nitrogens is 3. The smallest absolute Gasteiger partial charge is 0.378 e. The number of alkyl halides is 3. The van der Waals surface area contributed by atoms with Crippen LogP contribution in [0.25, 0.3) is 11.1 Å². The van der Waals surface area contributed by atoms with E-state index < -0.39 is 11.7 Å². The number of benzene rings is 2. The molecule has 0 bridgehead atoms. The zero-order valence-corrected chi connectivity index (χ0v) is 19.0. The Kier molecular flexibility index (Phi) is 6.56. The van der Waals surface area contributed by atoms with Crippen molar-refractivity contribution in [1.82, 2.24) is 15.0 Å². The normalized spacial score (nSPS) is 11.2. The summed E-state index contributed by atoms with van der Waals surface area (Å²) in [6.45, 7) is 0.